The highest BCUT2D eigenvalue weighted by atomic mass is 32.1. The molecule has 9 heavy (non-hydrogen) atoms. The highest BCUT2D eigenvalue weighted by Gasteiger charge is 1.90. The lowest BCUT2D eigenvalue weighted by atomic mass is 10.5. The number of nitrogens with two attached hydrogens (primary N) is 1. The molecule has 0 unspecified atom stereocenters. The zero-order valence-electron chi connectivity index (χ0n) is 5.16. The van der Waals surface area contributed by atoms with Gasteiger partial charge in [0.25, 0.3) is 0 Å². The van der Waals surface area contributed by atoms with Gasteiger partial charge in [-0.15, -0.1) is 0 Å². The molecular formula is C6H8N2S. The lowest BCUT2D eigenvalue weighted by Crippen LogP contribution is -1.77. The van der Waals surface area contributed by atoms with Crippen LogP contribution in [0.2, 0.25) is 0 Å². The highest BCUT2D eigenvalue weighted by Crippen LogP contribution is 2.15. The normalized spacial score (nSPS) is 10.8. The van der Waals surface area contributed by atoms with E-state index in [9.17, 15) is 0 Å². The van der Waals surface area contributed by atoms with Gasteiger partial charge in [0.15, 0.2) is 5.13 Å². The van der Waals surface area contributed by atoms with Crippen molar-refractivity contribution in [1.82, 2.24) is 4.98 Å². The molecule has 0 atom stereocenters. The molecule has 1 aromatic heterocycles. The molecule has 0 amide bonds. The van der Waals surface area contributed by atoms with Crippen LogP contribution in [-0.4, -0.2) is 4.98 Å². The summed E-state index contributed by atoms with van der Waals surface area (Å²) in [6.45, 7) is 1.97. The standard InChI is InChI=1S/C6H8N2S/c1-2-3-5-4-8-6(7)9-5/h2-4H,1H3,(H2,7,8)/b3-2-. The lowest BCUT2D eigenvalue weighted by Gasteiger charge is -1.75. The molecule has 0 aliphatic heterocycles. The smallest absolute Gasteiger partial charge is 0.180 e. The molecule has 0 aliphatic rings. The van der Waals surface area contributed by atoms with Gasteiger partial charge >= 0.3 is 0 Å². The van der Waals surface area contributed by atoms with Crippen molar-refractivity contribution in [1.29, 1.82) is 0 Å². The minimum Gasteiger partial charge on any atom is -0.375 e. The maximum absolute atomic E-state index is 5.38. The Hall–Kier alpha value is -0.830. The van der Waals surface area contributed by atoms with Crippen LogP contribution in [0.25, 0.3) is 6.08 Å². The summed E-state index contributed by atoms with van der Waals surface area (Å²) < 4.78 is 0. The van der Waals surface area contributed by atoms with Crippen molar-refractivity contribution in [2.24, 2.45) is 0 Å². The number of nitrogen functional groups attached to an aromatic ring is 1. The predicted molar refractivity (Wildman–Crippen MR) is 41.2 cm³/mol. The third kappa shape index (κ3) is 1.54. The van der Waals surface area contributed by atoms with Crippen LogP contribution >= 0.6 is 11.3 Å². The Labute approximate surface area is 58.0 Å². The Balaban J connectivity index is 2.85. The molecule has 0 fully saturated rings. The van der Waals surface area contributed by atoms with Crippen molar-refractivity contribution in [2.45, 2.75) is 6.92 Å². The summed E-state index contributed by atoms with van der Waals surface area (Å²) in [5.74, 6) is 0. The number of rotatable bonds is 1. The molecule has 2 N–H and O–H groups in total. The molecule has 0 radical (unpaired) electrons. The van der Waals surface area contributed by atoms with E-state index >= 15 is 0 Å². The van der Waals surface area contributed by atoms with E-state index in [-0.39, 0.29) is 0 Å². The van der Waals surface area contributed by atoms with Crippen molar-refractivity contribution in [2.75, 3.05) is 5.73 Å². The maximum atomic E-state index is 5.38. The van der Waals surface area contributed by atoms with Crippen molar-refractivity contribution >= 4 is 22.5 Å². The number of nitrogens with zero attached hydrogens (tertiary/aromatic N) is 1. The van der Waals surface area contributed by atoms with Gasteiger partial charge < -0.3 is 5.73 Å². The molecule has 48 valence electrons. The van der Waals surface area contributed by atoms with Crippen LogP contribution in [0.15, 0.2) is 12.3 Å². The Morgan fingerprint density at radius 1 is 1.78 bits per heavy atom. The summed E-state index contributed by atoms with van der Waals surface area (Å²) >= 11 is 1.49. The van der Waals surface area contributed by atoms with Crippen molar-refractivity contribution in [3.05, 3.63) is 17.2 Å². The van der Waals surface area contributed by atoms with Gasteiger partial charge in [-0.1, -0.05) is 17.4 Å². The van der Waals surface area contributed by atoms with Gasteiger partial charge in [0.1, 0.15) is 0 Å². The fraction of sp³-hybridized carbons (Fsp3) is 0.167. The second-order valence-electron chi connectivity index (χ2n) is 1.60. The quantitative estimate of drug-likeness (QED) is 0.645. The van der Waals surface area contributed by atoms with E-state index in [2.05, 4.69) is 4.98 Å². The lowest BCUT2D eigenvalue weighted by molar-refractivity contribution is 1.42. The Bertz CT molecular complexity index is 215. The highest BCUT2D eigenvalue weighted by molar-refractivity contribution is 7.16. The fourth-order valence-corrected chi connectivity index (χ4v) is 1.20. The number of hydrogen-bond donors (Lipinski definition) is 1. The molecule has 2 nitrogen and oxygen atoms in total. The summed E-state index contributed by atoms with van der Waals surface area (Å²) in [6.07, 6.45) is 5.71. The Morgan fingerprint density at radius 2 is 2.56 bits per heavy atom. The molecule has 1 rings (SSSR count). The van der Waals surface area contributed by atoms with Gasteiger partial charge in [0.05, 0.1) is 0 Å². The van der Waals surface area contributed by atoms with E-state index in [1.807, 2.05) is 19.1 Å². The second kappa shape index (κ2) is 2.64. The van der Waals surface area contributed by atoms with Crippen LogP contribution in [0.4, 0.5) is 5.13 Å². The molecule has 3 heteroatoms. The molecular weight excluding hydrogens is 132 g/mol. The van der Waals surface area contributed by atoms with E-state index in [1.165, 1.54) is 11.3 Å². The van der Waals surface area contributed by atoms with E-state index in [1.54, 1.807) is 6.20 Å². The van der Waals surface area contributed by atoms with Crippen LogP contribution in [0, 0.1) is 0 Å². The molecule has 1 heterocycles. The number of aromatic nitrogens is 1. The van der Waals surface area contributed by atoms with Gasteiger partial charge in [0.2, 0.25) is 0 Å². The Kier molecular flexibility index (Phi) is 1.85. The van der Waals surface area contributed by atoms with E-state index in [0.29, 0.717) is 5.13 Å². The third-order valence-electron chi connectivity index (χ3n) is 0.872. The summed E-state index contributed by atoms with van der Waals surface area (Å²) in [5, 5.41) is 0.628. The monoisotopic (exact) mass is 140 g/mol. The summed E-state index contributed by atoms with van der Waals surface area (Å²) in [6, 6.07) is 0. The molecule has 0 saturated heterocycles. The molecule has 0 saturated carbocycles. The predicted octanol–water partition coefficient (Wildman–Crippen LogP) is 1.76. The van der Waals surface area contributed by atoms with Gasteiger partial charge in [-0.25, -0.2) is 4.98 Å². The van der Waals surface area contributed by atoms with E-state index in [4.69, 9.17) is 5.73 Å². The van der Waals surface area contributed by atoms with Crippen LogP contribution < -0.4 is 5.73 Å². The van der Waals surface area contributed by atoms with E-state index in [0.717, 1.165) is 4.88 Å². The molecule has 0 aromatic carbocycles. The number of thiazole rings is 1. The first kappa shape index (κ1) is 6.29. The number of hydrogen-bond acceptors (Lipinski definition) is 3. The average Bonchev–Trinajstić information content (AvgIpc) is 2.17. The first-order chi connectivity index (χ1) is 4.33. The van der Waals surface area contributed by atoms with Crippen molar-refractivity contribution in [3.63, 3.8) is 0 Å². The van der Waals surface area contributed by atoms with Crippen molar-refractivity contribution in [3.8, 4) is 0 Å². The molecule has 0 bridgehead atoms. The summed E-state index contributed by atoms with van der Waals surface area (Å²) in [4.78, 5) is 4.99. The summed E-state index contributed by atoms with van der Waals surface area (Å²) in [7, 11) is 0. The first-order valence-corrected chi connectivity index (χ1v) is 3.48. The van der Waals surface area contributed by atoms with Crippen LogP contribution in [0.3, 0.4) is 0 Å². The van der Waals surface area contributed by atoms with Crippen LogP contribution in [0.5, 0.6) is 0 Å². The second-order valence-corrected chi connectivity index (χ2v) is 2.69. The minimum atomic E-state index is 0.628. The van der Waals surface area contributed by atoms with E-state index < -0.39 is 0 Å². The van der Waals surface area contributed by atoms with Gasteiger partial charge in [-0.2, -0.15) is 0 Å². The zero-order valence-corrected chi connectivity index (χ0v) is 5.98. The van der Waals surface area contributed by atoms with Gasteiger partial charge in [-0.3, -0.25) is 0 Å². The number of allylic oxidation sites excluding steroid dienone is 1. The first-order valence-electron chi connectivity index (χ1n) is 2.67. The van der Waals surface area contributed by atoms with Crippen LogP contribution in [-0.2, 0) is 0 Å². The topological polar surface area (TPSA) is 38.9 Å². The fourth-order valence-electron chi connectivity index (χ4n) is 0.542. The number of anilines is 1. The molecule has 0 aliphatic carbocycles. The van der Waals surface area contributed by atoms with Gasteiger partial charge in [-0.05, 0) is 13.0 Å². The van der Waals surface area contributed by atoms with Crippen LogP contribution in [0.1, 0.15) is 11.8 Å². The van der Waals surface area contributed by atoms with Gasteiger partial charge in [0, 0.05) is 11.1 Å². The molecule has 0 spiro atoms. The SMILES string of the molecule is C/C=C\c1cnc(N)s1. The third-order valence-corrected chi connectivity index (χ3v) is 1.66. The Morgan fingerprint density at radius 3 is 3.00 bits per heavy atom. The minimum absolute atomic E-state index is 0.628. The largest absolute Gasteiger partial charge is 0.375 e. The van der Waals surface area contributed by atoms with Crippen molar-refractivity contribution < 1.29 is 0 Å². The summed E-state index contributed by atoms with van der Waals surface area (Å²) in [5.41, 5.74) is 5.38. The maximum Gasteiger partial charge on any atom is 0.180 e. The zero-order chi connectivity index (χ0) is 6.69. The average molecular weight is 140 g/mol. The molecule has 1 aromatic rings.